The van der Waals surface area contributed by atoms with Gasteiger partial charge in [0.15, 0.2) is 5.82 Å². The quantitative estimate of drug-likeness (QED) is 0.848. The van der Waals surface area contributed by atoms with Gasteiger partial charge in [0.2, 0.25) is 5.95 Å². The first kappa shape index (κ1) is 12.5. The van der Waals surface area contributed by atoms with Crippen LogP contribution in [0.4, 0.5) is 8.78 Å². The molecule has 1 saturated carbocycles. The van der Waals surface area contributed by atoms with Crippen LogP contribution in [0.25, 0.3) is 0 Å². The van der Waals surface area contributed by atoms with Crippen LogP contribution < -0.4 is 5.32 Å². The molecule has 0 aromatic carbocycles. The zero-order valence-electron chi connectivity index (χ0n) is 10.2. The first-order chi connectivity index (χ1) is 9.16. The van der Waals surface area contributed by atoms with E-state index in [1.807, 2.05) is 0 Å². The van der Waals surface area contributed by atoms with Crippen molar-refractivity contribution in [1.29, 1.82) is 0 Å². The summed E-state index contributed by atoms with van der Waals surface area (Å²) in [6.45, 7) is 0.597. The molecule has 102 valence electrons. The molecule has 1 aliphatic heterocycles. The SMILES string of the molecule is O=C(NC1CCOC1C1CC1)c1ccnc(F)c1F. The summed E-state index contributed by atoms with van der Waals surface area (Å²) >= 11 is 0. The fraction of sp³-hybridized carbons (Fsp3) is 0.538. The van der Waals surface area contributed by atoms with Gasteiger partial charge in [-0.3, -0.25) is 4.79 Å². The monoisotopic (exact) mass is 268 g/mol. The first-order valence-electron chi connectivity index (χ1n) is 6.39. The van der Waals surface area contributed by atoms with E-state index >= 15 is 0 Å². The van der Waals surface area contributed by atoms with Crippen LogP contribution in [0.15, 0.2) is 12.3 Å². The zero-order chi connectivity index (χ0) is 13.4. The van der Waals surface area contributed by atoms with E-state index in [1.165, 1.54) is 6.07 Å². The Hall–Kier alpha value is -1.56. The molecule has 2 atom stereocenters. The fourth-order valence-electron chi connectivity index (χ4n) is 2.49. The Balaban J connectivity index is 1.72. The minimum Gasteiger partial charge on any atom is -0.376 e. The van der Waals surface area contributed by atoms with Crippen LogP contribution in [0.3, 0.4) is 0 Å². The second-order valence-electron chi connectivity index (χ2n) is 5.00. The molecule has 6 heteroatoms. The Morgan fingerprint density at radius 2 is 2.16 bits per heavy atom. The second kappa shape index (κ2) is 4.85. The molecule has 0 radical (unpaired) electrons. The molecule has 0 bridgehead atoms. The molecule has 3 rings (SSSR count). The fourth-order valence-corrected chi connectivity index (χ4v) is 2.49. The average Bonchev–Trinajstić information content (AvgIpc) is 3.13. The van der Waals surface area contributed by atoms with E-state index in [1.54, 1.807) is 0 Å². The predicted molar refractivity (Wildman–Crippen MR) is 62.5 cm³/mol. The highest BCUT2D eigenvalue weighted by atomic mass is 19.2. The number of pyridine rings is 1. The van der Waals surface area contributed by atoms with Gasteiger partial charge in [0.1, 0.15) is 0 Å². The van der Waals surface area contributed by atoms with Crippen LogP contribution in [0.2, 0.25) is 0 Å². The maximum absolute atomic E-state index is 13.5. The smallest absolute Gasteiger partial charge is 0.254 e. The van der Waals surface area contributed by atoms with Crippen LogP contribution in [-0.2, 0) is 4.74 Å². The maximum Gasteiger partial charge on any atom is 0.254 e. The van der Waals surface area contributed by atoms with Crippen molar-refractivity contribution in [3.8, 4) is 0 Å². The van der Waals surface area contributed by atoms with Crippen molar-refractivity contribution in [3.05, 3.63) is 29.6 Å². The van der Waals surface area contributed by atoms with E-state index in [2.05, 4.69) is 10.3 Å². The summed E-state index contributed by atoms with van der Waals surface area (Å²) in [5, 5.41) is 2.74. The highest BCUT2D eigenvalue weighted by Gasteiger charge is 2.41. The number of ether oxygens (including phenoxy) is 1. The Kier molecular flexibility index (Phi) is 3.18. The molecular formula is C13H14F2N2O2. The maximum atomic E-state index is 13.5. The molecular weight excluding hydrogens is 254 g/mol. The van der Waals surface area contributed by atoms with E-state index < -0.39 is 17.7 Å². The number of hydrogen-bond donors (Lipinski definition) is 1. The number of nitrogens with zero attached hydrogens (tertiary/aromatic N) is 1. The second-order valence-corrected chi connectivity index (χ2v) is 5.00. The molecule has 1 saturated heterocycles. The van der Waals surface area contributed by atoms with Crippen LogP contribution in [0, 0.1) is 17.7 Å². The Bertz CT molecular complexity index is 505. The van der Waals surface area contributed by atoms with Crippen molar-refractivity contribution < 1.29 is 18.3 Å². The van der Waals surface area contributed by atoms with Gasteiger partial charge in [-0.15, -0.1) is 0 Å². The number of halogens is 2. The molecule has 2 fully saturated rings. The highest BCUT2D eigenvalue weighted by Crippen LogP contribution is 2.38. The minimum atomic E-state index is -1.26. The largest absolute Gasteiger partial charge is 0.376 e. The molecule has 2 heterocycles. The van der Waals surface area contributed by atoms with E-state index in [-0.39, 0.29) is 17.7 Å². The number of carbonyl (C=O) groups excluding carboxylic acids is 1. The van der Waals surface area contributed by atoms with Crippen LogP contribution in [0.1, 0.15) is 29.6 Å². The number of nitrogens with one attached hydrogen (secondary N) is 1. The lowest BCUT2D eigenvalue weighted by molar-refractivity contribution is 0.0727. The van der Waals surface area contributed by atoms with Crippen molar-refractivity contribution in [2.75, 3.05) is 6.61 Å². The molecule has 0 spiro atoms. The highest BCUT2D eigenvalue weighted by molar-refractivity contribution is 5.94. The third-order valence-electron chi connectivity index (χ3n) is 3.63. The third kappa shape index (κ3) is 2.45. The van der Waals surface area contributed by atoms with E-state index in [0.717, 1.165) is 19.0 Å². The summed E-state index contributed by atoms with van der Waals surface area (Å²) < 4.78 is 32.0. The number of rotatable bonds is 3. The molecule has 2 aliphatic rings. The molecule has 1 aromatic heterocycles. The van der Waals surface area contributed by atoms with E-state index in [4.69, 9.17) is 4.74 Å². The standard InChI is InChI=1S/C13H14F2N2O2/c14-10-8(3-5-16-12(10)15)13(18)17-9-4-6-19-11(9)7-1-2-7/h3,5,7,9,11H,1-2,4,6H2,(H,17,18). The third-order valence-corrected chi connectivity index (χ3v) is 3.63. The Morgan fingerprint density at radius 3 is 2.89 bits per heavy atom. The van der Waals surface area contributed by atoms with Crippen molar-refractivity contribution in [1.82, 2.24) is 10.3 Å². The summed E-state index contributed by atoms with van der Waals surface area (Å²) in [7, 11) is 0. The van der Waals surface area contributed by atoms with Crippen molar-refractivity contribution in [2.24, 2.45) is 5.92 Å². The summed E-state index contributed by atoms with van der Waals surface area (Å²) in [6, 6.07) is 1.06. The number of aromatic nitrogens is 1. The van der Waals surface area contributed by atoms with Gasteiger partial charge in [0.05, 0.1) is 17.7 Å². The van der Waals surface area contributed by atoms with Crippen LogP contribution in [0.5, 0.6) is 0 Å². The molecule has 1 N–H and O–H groups in total. The lowest BCUT2D eigenvalue weighted by Gasteiger charge is -2.19. The van der Waals surface area contributed by atoms with Gasteiger partial charge in [-0.1, -0.05) is 0 Å². The summed E-state index contributed by atoms with van der Waals surface area (Å²) in [5.41, 5.74) is -0.311. The first-order valence-corrected chi connectivity index (χ1v) is 6.39. The van der Waals surface area contributed by atoms with E-state index in [0.29, 0.717) is 18.9 Å². The lowest BCUT2D eigenvalue weighted by Crippen LogP contribution is -2.41. The van der Waals surface area contributed by atoms with Gasteiger partial charge in [-0.25, -0.2) is 9.37 Å². The van der Waals surface area contributed by atoms with Crippen LogP contribution in [-0.4, -0.2) is 29.6 Å². The Morgan fingerprint density at radius 1 is 1.37 bits per heavy atom. The molecule has 2 unspecified atom stereocenters. The average molecular weight is 268 g/mol. The molecule has 19 heavy (non-hydrogen) atoms. The van der Waals surface area contributed by atoms with Gasteiger partial charge in [-0.2, -0.15) is 4.39 Å². The van der Waals surface area contributed by atoms with Gasteiger partial charge in [0, 0.05) is 12.8 Å². The van der Waals surface area contributed by atoms with E-state index in [9.17, 15) is 13.6 Å². The molecule has 1 amide bonds. The Labute approximate surface area is 109 Å². The lowest BCUT2D eigenvalue weighted by atomic mass is 10.1. The van der Waals surface area contributed by atoms with Crippen LogP contribution >= 0.6 is 0 Å². The van der Waals surface area contributed by atoms with Crippen molar-refractivity contribution in [2.45, 2.75) is 31.4 Å². The van der Waals surface area contributed by atoms with Gasteiger partial charge >= 0.3 is 0 Å². The molecule has 1 aromatic rings. The zero-order valence-corrected chi connectivity index (χ0v) is 10.2. The van der Waals surface area contributed by atoms with Gasteiger partial charge < -0.3 is 10.1 Å². The van der Waals surface area contributed by atoms with Crippen molar-refractivity contribution >= 4 is 5.91 Å². The summed E-state index contributed by atoms with van der Waals surface area (Å²) in [6.07, 6.45) is 4.02. The van der Waals surface area contributed by atoms with Crippen molar-refractivity contribution in [3.63, 3.8) is 0 Å². The minimum absolute atomic E-state index is 0.0127. The van der Waals surface area contributed by atoms with Gasteiger partial charge in [0.25, 0.3) is 5.91 Å². The molecule has 1 aliphatic carbocycles. The number of carbonyl (C=O) groups is 1. The van der Waals surface area contributed by atoms with Gasteiger partial charge in [-0.05, 0) is 31.2 Å². The number of amides is 1. The summed E-state index contributed by atoms with van der Waals surface area (Å²) in [5.74, 6) is -2.58. The summed E-state index contributed by atoms with van der Waals surface area (Å²) in [4.78, 5) is 15.1. The predicted octanol–water partition coefficient (Wildman–Crippen LogP) is 1.66. The topological polar surface area (TPSA) is 51.2 Å². The normalized spacial score (nSPS) is 26.4. The number of hydrogen-bond acceptors (Lipinski definition) is 3. The molecule has 4 nitrogen and oxygen atoms in total.